The Labute approximate surface area is 116 Å². The van der Waals surface area contributed by atoms with Crippen molar-refractivity contribution in [3.05, 3.63) is 60.2 Å². The highest BCUT2D eigenvalue weighted by Gasteiger charge is 2.07. The van der Waals surface area contributed by atoms with Gasteiger partial charge in [0, 0.05) is 6.21 Å². The number of hydrogen-bond donors (Lipinski definition) is 0. The van der Waals surface area contributed by atoms with Crippen molar-refractivity contribution in [3.8, 4) is 0 Å². The average molecular weight is 253 g/mol. The maximum atomic E-state index is 4.80. The van der Waals surface area contributed by atoms with E-state index in [0.717, 1.165) is 25.7 Å². The molecule has 2 rings (SSSR count). The third-order valence-corrected chi connectivity index (χ3v) is 3.41. The van der Waals surface area contributed by atoms with Gasteiger partial charge in [0.25, 0.3) is 0 Å². The van der Waals surface area contributed by atoms with Crippen LogP contribution in [-0.4, -0.2) is 6.21 Å². The lowest BCUT2D eigenvalue weighted by Crippen LogP contribution is -2.00. The van der Waals surface area contributed by atoms with Gasteiger partial charge in [-0.25, -0.2) is 0 Å². The zero-order chi connectivity index (χ0) is 13.3. The van der Waals surface area contributed by atoms with Crippen molar-refractivity contribution in [3.63, 3.8) is 0 Å². The SMILES string of the molecule is CC1C=NC(c2ccccc2)C/C=C\CC/C=C\C1. The zero-order valence-corrected chi connectivity index (χ0v) is 11.7. The molecule has 19 heavy (non-hydrogen) atoms. The maximum Gasteiger partial charge on any atom is 0.0779 e. The second-order valence-electron chi connectivity index (χ2n) is 5.19. The van der Waals surface area contributed by atoms with E-state index in [1.54, 1.807) is 0 Å². The Morgan fingerprint density at radius 1 is 0.895 bits per heavy atom. The molecule has 0 saturated heterocycles. The predicted octanol–water partition coefficient (Wildman–Crippen LogP) is 5.12. The van der Waals surface area contributed by atoms with Crippen molar-refractivity contribution < 1.29 is 0 Å². The molecule has 1 heteroatoms. The Bertz CT molecular complexity index is 442. The molecule has 1 nitrogen and oxygen atoms in total. The van der Waals surface area contributed by atoms with Crippen molar-refractivity contribution in [2.75, 3.05) is 0 Å². The van der Waals surface area contributed by atoms with Crippen molar-refractivity contribution in [1.29, 1.82) is 0 Å². The highest BCUT2D eigenvalue weighted by atomic mass is 14.8. The van der Waals surface area contributed by atoms with Crippen LogP contribution in [0.2, 0.25) is 0 Å². The molecule has 0 bridgehead atoms. The summed E-state index contributed by atoms with van der Waals surface area (Å²) >= 11 is 0. The van der Waals surface area contributed by atoms with Crippen LogP contribution in [0, 0.1) is 5.92 Å². The molecular weight excluding hydrogens is 230 g/mol. The van der Waals surface area contributed by atoms with Gasteiger partial charge >= 0.3 is 0 Å². The van der Waals surface area contributed by atoms with Crippen LogP contribution in [0.4, 0.5) is 0 Å². The molecule has 1 aliphatic rings. The summed E-state index contributed by atoms with van der Waals surface area (Å²) in [5.74, 6) is 0.519. The number of allylic oxidation sites excluding steroid dienone is 3. The molecule has 100 valence electrons. The van der Waals surface area contributed by atoms with Gasteiger partial charge in [-0.05, 0) is 37.2 Å². The fourth-order valence-corrected chi connectivity index (χ4v) is 2.23. The normalized spacial score (nSPS) is 28.1. The molecule has 0 radical (unpaired) electrons. The summed E-state index contributed by atoms with van der Waals surface area (Å²) in [5.41, 5.74) is 1.31. The summed E-state index contributed by atoms with van der Waals surface area (Å²) in [5, 5.41) is 0. The van der Waals surface area contributed by atoms with Gasteiger partial charge in [-0.2, -0.15) is 0 Å². The standard InChI is InChI=1S/C18H23N/c1-16-11-7-4-2-3-5-10-14-18(19-15-16)17-12-8-6-9-13-17/h4-10,12-13,15-16,18H,2-3,11,14H2,1H3/b7-4-,10-5-,19-15?. The lowest BCUT2D eigenvalue weighted by Gasteiger charge is -2.12. The first-order chi connectivity index (χ1) is 9.36. The van der Waals surface area contributed by atoms with Crippen molar-refractivity contribution >= 4 is 6.21 Å². The summed E-state index contributed by atoms with van der Waals surface area (Å²) in [6, 6.07) is 10.9. The van der Waals surface area contributed by atoms with Crippen LogP contribution in [-0.2, 0) is 0 Å². The molecule has 0 amide bonds. The van der Waals surface area contributed by atoms with Crippen LogP contribution in [0.25, 0.3) is 0 Å². The first kappa shape index (κ1) is 13.8. The van der Waals surface area contributed by atoms with E-state index in [1.807, 2.05) is 0 Å². The molecule has 0 aromatic heterocycles. The maximum absolute atomic E-state index is 4.80. The molecule has 2 atom stereocenters. The summed E-state index contributed by atoms with van der Waals surface area (Å²) in [7, 11) is 0. The molecule has 0 saturated carbocycles. The number of aliphatic imine (C=N–C) groups is 1. The van der Waals surface area contributed by atoms with E-state index >= 15 is 0 Å². The van der Waals surface area contributed by atoms with Gasteiger partial charge in [0.1, 0.15) is 0 Å². The van der Waals surface area contributed by atoms with Gasteiger partial charge in [-0.1, -0.05) is 61.6 Å². The predicted molar refractivity (Wildman–Crippen MR) is 83.6 cm³/mol. The van der Waals surface area contributed by atoms with Crippen molar-refractivity contribution in [2.24, 2.45) is 10.9 Å². The first-order valence-electron chi connectivity index (χ1n) is 7.24. The third kappa shape index (κ3) is 4.86. The fourth-order valence-electron chi connectivity index (χ4n) is 2.23. The molecule has 0 spiro atoms. The molecule has 1 heterocycles. The van der Waals surface area contributed by atoms with Crippen LogP contribution < -0.4 is 0 Å². The van der Waals surface area contributed by atoms with E-state index in [1.165, 1.54) is 5.56 Å². The summed E-state index contributed by atoms with van der Waals surface area (Å²) in [6.07, 6.45) is 15.6. The number of nitrogens with zero attached hydrogens (tertiary/aromatic N) is 1. The topological polar surface area (TPSA) is 12.4 Å². The molecule has 1 aromatic carbocycles. The van der Waals surface area contributed by atoms with E-state index in [9.17, 15) is 0 Å². The van der Waals surface area contributed by atoms with Crippen molar-refractivity contribution in [1.82, 2.24) is 0 Å². The van der Waals surface area contributed by atoms with Crippen LogP contribution in [0.1, 0.15) is 44.2 Å². The Hall–Kier alpha value is -1.63. The minimum Gasteiger partial charge on any atom is -0.289 e. The highest BCUT2D eigenvalue weighted by molar-refractivity contribution is 5.61. The number of hydrogen-bond acceptors (Lipinski definition) is 1. The Balaban J connectivity index is 2.14. The first-order valence-corrected chi connectivity index (χ1v) is 7.24. The van der Waals surface area contributed by atoms with Crippen LogP contribution in [0.5, 0.6) is 0 Å². The quantitative estimate of drug-likeness (QED) is 0.616. The van der Waals surface area contributed by atoms with E-state index < -0.39 is 0 Å². The smallest absolute Gasteiger partial charge is 0.0779 e. The van der Waals surface area contributed by atoms with Crippen LogP contribution in [0.3, 0.4) is 0 Å². The van der Waals surface area contributed by atoms with Crippen LogP contribution >= 0.6 is 0 Å². The van der Waals surface area contributed by atoms with Gasteiger partial charge in [0.05, 0.1) is 6.04 Å². The van der Waals surface area contributed by atoms with Crippen molar-refractivity contribution in [2.45, 2.75) is 38.6 Å². The minimum absolute atomic E-state index is 0.267. The third-order valence-electron chi connectivity index (χ3n) is 3.41. The van der Waals surface area contributed by atoms with Gasteiger partial charge < -0.3 is 0 Å². The second-order valence-corrected chi connectivity index (χ2v) is 5.19. The largest absolute Gasteiger partial charge is 0.289 e. The summed E-state index contributed by atoms with van der Waals surface area (Å²) < 4.78 is 0. The average Bonchev–Trinajstić information content (AvgIpc) is 2.44. The van der Waals surface area contributed by atoms with Gasteiger partial charge in [0.15, 0.2) is 0 Å². The molecule has 1 aromatic rings. The molecular formula is C18H23N. The molecule has 0 fully saturated rings. The Morgan fingerprint density at radius 2 is 1.58 bits per heavy atom. The lowest BCUT2D eigenvalue weighted by atomic mass is 10.0. The second kappa shape index (κ2) is 7.73. The van der Waals surface area contributed by atoms with E-state index in [-0.39, 0.29) is 6.04 Å². The van der Waals surface area contributed by atoms with E-state index in [0.29, 0.717) is 5.92 Å². The van der Waals surface area contributed by atoms with E-state index in [2.05, 4.69) is 67.8 Å². The monoisotopic (exact) mass is 253 g/mol. The summed E-state index contributed by atoms with van der Waals surface area (Å²) in [6.45, 7) is 2.23. The number of rotatable bonds is 1. The minimum atomic E-state index is 0.267. The fraction of sp³-hybridized carbons (Fsp3) is 0.389. The highest BCUT2D eigenvalue weighted by Crippen LogP contribution is 2.22. The number of benzene rings is 1. The molecule has 0 N–H and O–H groups in total. The van der Waals surface area contributed by atoms with Crippen LogP contribution in [0.15, 0.2) is 59.6 Å². The Morgan fingerprint density at radius 3 is 2.32 bits per heavy atom. The van der Waals surface area contributed by atoms with Gasteiger partial charge in [-0.3, -0.25) is 4.99 Å². The molecule has 2 unspecified atom stereocenters. The zero-order valence-electron chi connectivity index (χ0n) is 11.7. The lowest BCUT2D eigenvalue weighted by molar-refractivity contribution is 0.720. The van der Waals surface area contributed by atoms with Gasteiger partial charge in [-0.15, -0.1) is 0 Å². The summed E-state index contributed by atoms with van der Waals surface area (Å²) in [4.78, 5) is 4.80. The Kier molecular flexibility index (Phi) is 5.61. The molecule has 0 aliphatic carbocycles. The molecule has 1 aliphatic heterocycles. The van der Waals surface area contributed by atoms with Gasteiger partial charge in [0.2, 0.25) is 0 Å². The van der Waals surface area contributed by atoms with E-state index in [4.69, 9.17) is 4.99 Å².